The predicted octanol–water partition coefficient (Wildman–Crippen LogP) is 5.03. The number of amides is 1. The summed E-state index contributed by atoms with van der Waals surface area (Å²) in [4.78, 5) is 22.6. The molecule has 0 spiro atoms. The number of hydrogen-bond donors (Lipinski definition) is 0. The van der Waals surface area contributed by atoms with Crippen molar-refractivity contribution in [1.29, 1.82) is 0 Å². The van der Waals surface area contributed by atoms with Crippen molar-refractivity contribution in [1.82, 2.24) is 9.88 Å². The van der Waals surface area contributed by atoms with Crippen molar-refractivity contribution in [2.24, 2.45) is 0 Å². The highest BCUT2D eigenvalue weighted by Crippen LogP contribution is 2.30. The Morgan fingerprint density at radius 1 is 1.11 bits per heavy atom. The molecule has 3 rings (SSSR count). The van der Waals surface area contributed by atoms with E-state index in [1.807, 2.05) is 67.5 Å². The molecule has 1 heterocycles. The molecule has 0 bridgehead atoms. The van der Waals surface area contributed by atoms with Crippen molar-refractivity contribution < 1.29 is 4.79 Å². The number of aromatic nitrogens is 1. The predicted molar refractivity (Wildman–Crippen MR) is 117 cm³/mol. The molecule has 0 atom stereocenters. The molecule has 0 aliphatic carbocycles. The van der Waals surface area contributed by atoms with E-state index in [9.17, 15) is 4.79 Å². The minimum atomic E-state index is 0.0766. The Labute approximate surface area is 173 Å². The van der Waals surface area contributed by atoms with E-state index in [2.05, 4.69) is 9.88 Å². The topological polar surface area (TPSA) is 36.4 Å². The first-order valence-electron chi connectivity index (χ1n) is 8.72. The summed E-state index contributed by atoms with van der Waals surface area (Å²) in [5.74, 6) is 0.451. The van der Waals surface area contributed by atoms with Gasteiger partial charge in [0.25, 0.3) is 0 Å². The molecular formula is C20H22ClN3OS2. The van der Waals surface area contributed by atoms with Crippen molar-refractivity contribution in [2.75, 3.05) is 37.8 Å². The summed E-state index contributed by atoms with van der Waals surface area (Å²) in [7, 11) is 4.08. The van der Waals surface area contributed by atoms with Crippen molar-refractivity contribution in [3.8, 4) is 0 Å². The molecule has 0 saturated carbocycles. The molecule has 0 fully saturated rings. The molecule has 3 aromatic rings. The molecule has 27 heavy (non-hydrogen) atoms. The second-order valence-corrected chi connectivity index (χ2v) is 8.90. The Hall–Kier alpha value is -1.60. The average Bonchev–Trinajstić information content (AvgIpc) is 3.08. The van der Waals surface area contributed by atoms with Crippen LogP contribution in [0, 0.1) is 0 Å². The van der Waals surface area contributed by atoms with Gasteiger partial charge in [-0.2, -0.15) is 0 Å². The van der Waals surface area contributed by atoms with E-state index in [-0.39, 0.29) is 5.91 Å². The number of fused-ring (bicyclic) bond motifs is 1. The number of thiazole rings is 1. The van der Waals surface area contributed by atoms with E-state index in [4.69, 9.17) is 11.6 Å². The highest BCUT2D eigenvalue weighted by molar-refractivity contribution is 8.00. The molecular weight excluding hydrogens is 398 g/mol. The number of nitrogens with zero attached hydrogens (tertiary/aromatic N) is 3. The third-order valence-corrected chi connectivity index (χ3v) is 6.29. The molecule has 0 aliphatic rings. The highest BCUT2D eigenvalue weighted by atomic mass is 35.5. The maximum absolute atomic E-state index is 13.0. The van der Waals surface area contributed by atoms with Crippen LogP contribution in [0.15, 0.2) is 53.4 Å². The number of hydrogen-bond acceptors (Lipinski definition) is 5. The van der Waals surface area contributed by atoms with Crippen LogP contribution in [0.1, 0.15) is 6.42 Å². The Morgan fingerprint density at radius 2 is 1.85 bits per heavy atom. The lowest BCUT2D eigenvalue weighted by molar-refractivity contribution is -0.116. The fraction of sp³-hybridized carbons (Fsp3) is 0.300. The van der Waals surface area contributed by atoms with Gasteiger partial charge in [-0.25, -0.2) is 4.98 Å². The second kappa shape index (κ2) is 9.55. The molecule has 1 aromatic heterocycles. The van der Waals surface area contributed by atoms with Crippen LogP contribution >= 0.6 is 34.7 Å². The summed E-state index contributed by atoms with van der Waals surface area (Å²) < 4.78 is 1.10. The zero-order chi connectivity index (χ0) is 19.2. The van der Waals surface area contributed by atoms with Gasteiger partial charge in [0.15, 0.2) is 5.13 Å². The van der Waals surface area contributed by atoms with Gasteiger partial charge < -0.3 is 4.90 Å². The van der Waals surface area contributed by atoms with Gasteiger partial charge in [-0.3, -0.25) is 9.69 Å². The number of rotatable bonds is 8. The number of halogens is 1. The van der Waals surface area contributed by atoms with E-state index >= 15 is 0 Å². The van der Waals surface area contributed by atoms with Crippen LogP contribution in [0.3, 0.4) is 0 Å². The van der Waals surface area contributed by atoms with E-state index in [1.54, 1.807) is 11.3 Å². The van der Waals surface area contributed by atoms with Crippen LogP contribution in [0.2, 0.25) is 5.02 Å². The van der Waals surface area contributed by atoms with Gasteiger partial charge in [0.1, 0.15) is 0 Å². The molecule has 0 unspecified atom stereocenters. The van der Waals surface area contributed by atoms with Crippen LogP contribution in [-0.2, 0) is 4.79 Å². The van der Waals surface area contributed by atoms with Crippen LogP contribution in [-0.4, -0.2) is 48.7 Å². The van der Waals surface area contributed by atoms with Gasteiger partial charge in [-0.1, -0.05) is 35.1 Å². The molecule has 0 N–H and O–H groups in total. The number of anilines is 1. The lowest BCUT2D eigenvalue weighted by atomic mass is 10.3. The molecule has 4 nitrogen and oxygen atoms in total. The van der Waals surface area contributed by atoms with Crippen LogP contribution < -0.4 is 4.90 Å². The smallest absolute Gasteiger partial charge is 0.239 e. The first kappa shape index (κ1) is 20.1. The zero-order valence-electron chi connectivity index (χ0n) is 15.4. The monoisotopic (exact) mass is 419 g/mol. The minimum absolute atomic E-state index is 0.0766. The maximum Gasteiger partial charge on any atom is 0.239 e. The zero-order valence-corrected chi connectivity index (χ0v) is 17.8. The van der Waals surface area contributed by atoms with Gasteiger partial charge in [0, 0.05) is 16.5 Å². The first-order chi connectivity index (χ1) is 13.0. The Balaban J connectivity index is 1.73. The van der Waals surface area contributed by atoms with Crippen molar-refractivity contribution in [2.45, 2.75) is 11.3 Å². The van der Waals surface area contributed by atoms with Gasteiger partial charge in [-0.05, 0) is 63.5 Å². The third kappa shape index (κ3) is 5.69. The van der Waals surface area contributed by atoms with Gasteiger partial charge in [0.2, 0.25) is 5.91 Å². The number of benzene rings is 2. The lowest BCUT2D eigenvalue weighted by Gasteiger charge is -2.21. The SMILES string of the molecule is CN(C)CCCN(C(=O)CSc1ccc(Cl)cc1)c1nc2ccccc2s1. The van der Waals surface area contributed by atoms with Gasteiger partial charge >= 0.3 is 0 Å². The number of carbonyl (C=O) groups is 1. The standard InChI is InChI=1S/C20H22ClN3OS2/c1-23(2)12-5-13-24(20-22-17-6-3-4-7-18(17)27-20)19(25)14-26-16-10-8-15(21)9-11-16/h3-4,6-11H,5,12-14H2,1-2H3. The van der Waals surface area contributed by atoms with Gasteiger partial charge in [0.05, 0.1) is 16.0 Å². The van der Waals surface area contributed by atoms with E-state index in [0.29, 0.717) is 17.3 Å². The largest absolute Gasteiger partial charge is 0.309 e. The highest BCUT2D eigenvalue weighted by Gasteiger charge is 2.19. The Morgan fingerprint density at radius 3 is 2.56 bits per heavy atom. The van der Waals surface area contributed by atoms with Crippen LogP contribution in [0.4, 0.5) is 5.13 Å². The second-order valence-electron chi connectivity index (χ2n) is 6.41. The summed E-state index contributed by atoms with van der Waals surface area (Å²) in [6, 6.07) is 15.6. The molecule has 2 aromatic carbocycles. The van der Waals surface area contributed by atoms with Crippen molar-refractivity contribution >= 4 is 56.0 Å². The number of carbonyl (C=O) groups excluding carboxylic acids is 1. The molecule has 7 heteroatoms. The summed E-state index contributed by atoms with van der Waals surface area (Å²) in [5, 5.41) is 1.47. The number of thioether (sulfide) groups is 1. The molecule has 142 valence electrons. The Kier molecular flexibility index (Phi) is 7.13. The van der Waals surface area contributed by atoms with E-state index < -0.39 is 0 Å². The number of para-hydroxylation sites is 1. The molecule has 0 aliphatic heterocycles. The van der Waals surface area contributed by atoms with Crippen LogP contribution in [0.25, 0.3) is 10.2 Å². The molecule has 0 saturated heterocycles. The molecule has 0 radical (unpaired) electrons. The van der Waals surface area contributed by atoms with Crippen molar-refractivity contribution in [3.63, 3.8) is 0 Å². The summed E-state index contributed by atoms with van der Waals surface area (Å²) in [5.41, 5.74) is 0.938. The summed E-state index contributed by atoms with van der Waals surface area (Å²) in [6.45, 7) is 1.59. The van der Waals surface area contributed by atoms with E-state index in [0.717, 1.165) is 33.2 Å². The average molecular weight is 420 g/mol. The quantitative estimate of drug-likeness (QED) is 0.480. The Bertz CT molecular complexity index is 863. The third-order valence-electron chi connectivity index (χ3n) is 3.98. The van der Waals surface area contributed by atoms with Crippen molar-refractivity contribution in [3.05, 3.63) is 53.6 Å². The fourth-order valence-electron chi connectivity index (χ4n) is 2.60. The lowest BCUT2D eigenvalue weighted by Crippen LogP contribution is -2.34. The summed E-state index contributed by atoms with van der Waals surface area (Å²) >= 11 is 9.02. The summed E-state index contributed by atoms with van der Waals surface area (Å²) in [6.07, 6.45) is 0.903. The maximum atomic E-state index is 13.0. The van der Waals surface area contributed by atoms with Crippen LogP contribution in [0.5, 0.6) is 0 Å². The fourth-order valence-corrected chi connectivity index (χ4v) is 4.51. The minimum Gasteiger partial charge on any atom is -0.309 e. The first-order valence-corrected chi connectivity index (χ1v) is 10.9. The normalized spacial score (nSPS) is 11.3. The molecule has 1 amide bonds. The van der Waals surface area contributed by atoms with E-state index in [1.165, 1.54) is 11.8 Å². The van der Waals surface area contributed by atoms with Gasteiger partial charge in [-0.15, -0.1) is 11.8 Å².